The van der Waals surface area contributed by atoms with Gasteiger partial charge in [0.1, 0.15) is 0 Å². The molecule has 116 valence electrons. The van der Waals surface area contributed by atoms with E-state index in [1.807, 2.05) is 0 Å². The molecule has 0 saturated carbocycles. The van der Waals surface area contributed by atoms with Gasteiger partial charge >= 0.3 is 0 Å². The van der Waals surface area contributed by atoms with Gasteiger partial charge in [0.25, 0.3) is 0 Å². The molecule has 0 saturated heterocycles. The molecular weight excluding hydrogens is 481 g/mol. The monoisotopic (exact) mass is 499 g/mol. The summed E-state index contributed by atoms with van der Waals surface area (Å²) >= 11 is 7.01. The zero-order valence-electron chi connectivity index (χ0n) is 11.9. The number of guanidine groups is 1. The van der Waals surface area contributed by atoms with Crippen LogP contribution in [0.25, 0.3) is 0 Å². The first-order valence-electron chi connectivity index (χ1n) is 6.41. The second-order valence-electron chi connectivity index (χ2n) is 4.43. The molecule has 0 aliphatic rings. The van der Waals surface area contributed by atoms with E-state index in [2.05, 4.69) is 68.1 Å². The summed E-state index contributed by atoms with van der Waals surface area (Å²) < 4.78 is 1.16. The van der Waals surface area contributed by atoms with Crippen molar-refractivity contribution in [1.29, 1.82) is 0 Å². The molecule has 7 heteroatoms. The fourth-order valence-electron chi connectivity index (χ4n) is 1.76. The Morgan fingerprint density at radius 2 is 2.14 bits per heavy atom. The van der Waals surface area contributed by atoms with Crippen LogP contribution in [0.5, 0.6) is 0 Å². The van der Waals surface area contributed by atoms with Gasteiger partial charge in [-0.05, 0) is 39.5 Å². The maximum Gasteiger partial charge on any atom is 0.191 e. The lowest BCUT2D eigenvalue weighted by Crippen LogP contribution is -2.38. The van der Waals surface area contributed by atoms with Crippen LogP contribution < -0.4 is 10.6 Å². The first-order chi connectivity index (χ1) is 9.69. The predicted molar refractivity (Wildman–Crippen MR) is 108 cm³/mol. The molecule has 0 amide bonds. The van der Waals surface area contributed by atoms with Crippen LogP contribution in [-0.4, -0.2) is 19.6 Å². The Kier molecular flexibility index (Phi) is 8.84. The van der Waals surface area contributed by atoms with Crippen molar-refractivity contribution in [3.8, 4) is 0 Å². The zero-order valence-corrected chi connectivity index (χ0v) is 17.5. The third-order valence-electron chi connectivity index (χ3n) is 2.89. The van der Waals surface area contributed by atoms with E-state index in [9.17, 15) is 0 Å². The van der Waals surface area contributed by atoms with E-state index in [4.69, 9.17) is 0 Å². The van der Waals surface area contributed by atoms with Crippen LogP contribution in [0.3, 0.4) is 0 Å². The average molecular weight is 500 g/mol. The topological polar surface area (TPSA) is 36.4 Å². The molecule has 0 aromatic carbocycles. The summed E-state index contributed by atoms with van der Waals surface area (Å²) in [5.74, 6) is 1.34. The maximum atomic E-state index is 4.25. The van der Waals surface area contributed by atoms with Crippen molar-refractivity contribution in [1.82, 2.24) is 10.6 Å². The molecule has 1 atom stereocenters. The number of rotatable bonds is 5. The van der Waals surface area contributed by atoms with Crippen molar-refractivity contribution in [3.63, 3.8) is 0 Å². The van der Waals surface area contributed by atoms with E-state index in [0.29, 0.717) is 5.92 Å². The number of aliphatic imine (C=N–C) groups is 1. The number of thiophene rings is 2. The highest BCUT2D eigenvalue weighted by Gasteiger charge is 2.07. The van der Waals surface area contributed by atoms with Crippen LogP contribution in [0.2, 0.25) is 0 Å². The summed E-state index contributed by atoms with van der Waals surface area (Å²) in [6.07, 6.45) is 0. The molecule has 2 aromatic rings. The first-order valence-corrected chi connectivity index (χ1v) is 8.90. The highest BCUT2D eigenvalue weighted by atomic mass is 127. The van der Waals surface area contributed by atoms with Crippen LogP contribution >= 0.6 is 62.6 Å². The van der Waals surface area contributed by atoms with E-state index in [-0.39, 0.29) is 24.0 Å². The summed E-state index contributed by atoms with van der Waals surface area (Å²) in [4.78, 5) is 6.94. The largest absolute Gasteiger partial charge is 0.356 e. The smallest absolute Gasteiger partial charge is 0.191 e. The fourth-order valence-corrected chi connectivity index (χ4v) is 3.97. The molecular formula is C14H19BrIN3S2. The molecule has 21 heavy (non-hydrogen) atoms. The third-order valence-corrected chi connectivity index (χ3v) is 5.61. The minimum absolute atomic E-state index is 0. The van der Waals surface area contributed by atoms with Crippen molar-refractivity contribution in [3.05, 3.63) is 43.2 Å². The van der Waals surface area contributed by atoms with Gasteiger partial charge in [0.2, 0.25) is 0 Å². The maximum absolute atomic E-state index is 4.25. The standard InChI is InChI=1S/C14H18BrN3S2.HI/c1-10(12-4-3-7-19-12)8-17-14(16-2)18-9-11-5-6-13(15)20-11;/h3-7,10H,8-9H2,1-2H3,(H2,16,17,18);1H. The van der Waals surface area contributed by atoms with Gasteiger partial charge in [0.05, 0.1) is 10.3 Å². The summed E-state index contributed by atoms with van der Waals surface area (Å²) in [7, 11) is 1.80. The Labute approximate surface area is 159 Å². The molecule has 0 fully saturated rings. The summed E-state index contributed by atoms with van der Waals surface area (Å²) in [5.41, 5.74) is 0. The summed E-state index contributed by atoms with van der Waals surface area (Å²) in [5, 5.41) is 8.82. The quantitative estimate of drug-likeness (QED) is 0.356. The van der Waals surface area contributed by atoms with Crippen molar-refractivity contribution in [2.45, 2.75) is 19.4 Å². The van der Waals surface area contributed by atoms with E-state index in [1.165, 1.54) is 9.75 Å². The Bertz CT molecular complexity index is 554. The summed E-state index contributed by atoms with van der Waals surface area (Å²) in [6.45, 7) is 3.90. The van der Waals surface area contributed by atoms with Gasteiger partial charge in [-0.1, -0.05) is 13.0 Å². The van der Waals surface area contributed by atoms with Gasteiger partial charge in [-0.15, -0.1) is 46.7 Å². The molecule has 0 spiro atoms. The number of hydrogen-bond donors (Lipinski definition) is 2. The lowest BCUT2D eigenvalue weighted by Gasteiger charge is -2.14. The van der Waals surface area contributed by atoms with Gasteiger partial charge in [0.15, 0.2) is 5.96 Å². The molecule has 0 aliphatic heterocycles. The minimum Gasteiger partial charge on any atom is -0.356 e. The molecule has 2 heterocycles. The highest BCUT2D eigenvalue weighted by Crippen LogP contribution is 2.22. The Morgan fingerprint density at radius 1 is 1.33 bits per heavy atom. The number of hydrogen-bond acceptors (Lipinski definition) is 3. The van der Waals surface area contributed by atoms with E-state index < -0.39 is 0 Å². The first kappa shape index (κ1) is 18.9. The number of halogens is 2. The summed E-state index contributed by atoms with van der Waals surface area (Å²) in [6, 6.07) is 8.45. The van der Waals surface area contributed by atoms with Crippen molar-refractivity contribution in [2.24, 2.45) is 4.99 Å². The van der Waals surface area contributed by atoms with Crippen LogP contribution in [0.4, 0.5) is 0 Å². The Morgan fingerprint density at radius 3 is 2.71 bits per heavy atom. The normalized spacial score (nSPS) is 12.6. The highest BCUT2D eigenvalue weighted by molar-refractivity contribution is 14.0. The zero-order chi connectivity index (χ0) is 14.4. The molecule has 0 aliphatic carbocycles. The SMILES string of the molecule is CN=C(NCc1ccc(Br)s1)NCC(C)c1cccs1.I. The molecule has 2 aromatic heterocycles. The van der Waals surface area contributed by atoms with Crippen LogP contribution in [0.1, 0.15) is 22.6 Å². The molecule has 3 nitrogen and oxygen atoms in total. The van der Waals surface area contributed by atoms with Gasteiger partial charge in [-0.3, -0.25) is 4.99 Å². The molecule has 0 bridgehead atoms. The van der Waals surface area contributed by atoms with Crippen molar-refractivity contribution in [2.75, 3.05) is 13.6 Å². The van der Waals surface area contributed by atoms with E-state index in [0.717, 1.165) is 22.8 Å². The van der Waals surface area contributed by atoms with Gasteiger partial charge in [0, 0.05) is 29.3 Å². The van der Waals surface area contributed by atoms with E-state index in [1.54, 1.807) is 29.7 Å². The van der Waals surface area contributed by atoms with Crippen LogP contribution in [0, 0.1) is 0 Å². The third kappa shape index (κ3) is 6.25. The van der Waals surface area contributed by atoms with Gasteiger partial charge in [-0.2, -0.15) is 0 Å². The second-order valence-corrected chi connectivity index (χ2v) is 7.96. The van der Waals surface area contributed by atoms with Gasteiger partial charge in [-0.25, -0.2) is 0 Å². The fraction of sp³-hybridized carbons (Fsp3) is 0.357. The number of nitrogens with zero attached hydrogens (tertiary/aromatic N) is 1. The van der Waals surface area contributed by atoms with Crippen LogP contribution in [0.15, 0.2) is 38.4 Å². The lowest BCUT2D eigenvalue weighted by atomic mass is 10.1. The average Bonchev–Trinajstić information content (AvgIpc) is 3.10. The molecule has 2 N–H and O–H groups in total. The second kappa shape index (κ2) is 9.81. The van der Waals surface area contributed by atoms with Crippen molar-refractivity contribution >= 4 is 68.5 Å². The minimum atomic E-state index is 0. The molecule has 1 unspecified atom stereocenters. The Balaban J connectivity index is 0.00000220. The van der Waals surface area contributed by atoms with Gasteiger partial charge < -0.3 is 10.6 Å². The molecule has 2 rings (SSSR count). The Hall–Kier alpha value is -0.120. The van der Waals surface area contributed by atoms with Crippen LogP contribution in [-0.2, 0) is 6.54 Å². The molecule has 0 radical (unpaired) electrons. The van der Waals surface area contributed by atoms with E-state index >= 15 is 0 Å². The number of nitrogens with one attached hydrogen (secondary N) is 2. The predicted octanol–water partition coefficient (Wildman–Crippen LogP) is 4.66. The van der Waals surface area contributed by atoms with Crippen molar-refractivity contribution < 1.29 is 0 Å². The lowest BCUT2D eigenvalue weighted by molar-refractivity contribution is 0.709.